The molecule has 2 rings (SSSR count). The molecule has 4 heteroatoms. The van der Waals surface area contributed by atoms with Crippen LogP contribution in [0.15, 0.2) is 53.5 Å². The molecule has 0 spiro atoms. The minimum Gasteiger partial charge on any atom is -0.378 e. The molecular formula is C20H28N4. The predicted octanol–water partition coefficient (Wildman–Crippen LogP) is 3.18. The molecule has 0 saturated carbocycles. The second kappa shape index (κ2) is 8.96. The van der Waals surface area contributed by atoms with Gasteiger partial charge in [0, 0.05) is 39.9 Å². The van der Waals surface area contributed by atoms with E-state index in [1.165, 1.54) is 22.4 Å². The largest absolute Gasteiger partial charge is 0.378 e. The summed E-state index contributed by atoms with van der Waals surface area (Å²) in [5.74, 6) is 0.816. The highest BCUT2D eigenvalue weighted by molar-refractivity contribution is 5.79. The molecule has 2 aromatic rings. The van der Waals surface area contributed by atoms with Gasteiger partial charge in [0.2, 0.25) is 0 Å². The summed E-state index contributed by atoms with van der Waals surface area (Å²) < 4.78 is 0. The van der Waals surface area contributed by atoms with Gasteiger partial charge < -0.3 is 15.5 Å². The number of aliphatic imine (C=N–C) groups is 1. The van der Waals surface area contributed by atoms with Gasteiger partial charge in [-0.05, 0) is 35.2 Å². The average Bonchev–Trinajstić information content (AvgIpc) is 2.62. The van der Waals surface area contributed by atoms with Crippen LogP contribution in [0.4, 0.5) is 5.69 Å². The van der Waals surface area contributed by atoms with Crippen molar-refractivity contribution in [2.24, 2.45) is 4.99 Å². The summed E-state index contributed by atoms with van der Waals surface area (Å²) in [6, 6.07) is 17.0. The number of anilines is 1. The van der Waals surface area contributed by atoms with Gasteiger partial charge in [-0.3, -0.25) is 4.99 Å². The Morgan fingerprint density at radius 1 is 0.958 bits per heavy atom. The molecule has 0 radical (unpaired) electrons. The fourth-order valence-corrected chi connectivity index (χ4v) is 2.60. The van der Waals surface area contributed by atoms with E-state index in [1.54, 1.807) is 7.05 Å². The van der Waals surface area contributed by atoms with Gasteiger partial charge in [0.15, 0.2) is 5.96 Å². The van der Waals surface area contributed by atoms with E-state index in [-0.39, 0.29) is 0 Å². The molecule has 0 aromatic heterocycles. The van der Waals surface area contributed by atoms with Gasteiger partial charge in [0.25, 0.3) is 0 Å². The van der Waals surface area contributed by atoms with Crippen LogP contribution in [-0.4, -0.2) is 27.1 Å². The van der Waals surface area contributed by atoms with Crippen LogP contribution in [0.25, 0.3) is 0 Å². The summed E-state index contributed by atoms with van der Waals surface area (Å²) in [5, 5.41) is 6.78. The maximum absolute atomic E-state index is 4.32. The van der Waals surface area contributed by atoms with Crippen LogP contribution in [0, 0.1) is 0 Å². The van der Waals surface area contributed by atoms with Crippen LogP contribution < -0.4 is 15.5 Å². The summed E-state index contributed by atoms with van der Waals surface area (Å²) in [4.78, 5) is 6.42. The van der Waals surface area contributed by atoms with E-state index in [0.29, 0.717) is 0 Å². The average molecular weight is 324 g/mol. The number of hydrogen-bond acceptors (Lipinski definition) is 2. The third kappa shape index (κ3) is 5.01. The quantitative estimate of drug-likeness (QED) is 0.633. The number of rotatable bonds is 6. The lowest BCUT2D eigenvalue weighted by Crippen LogP contribution is -2.36. The molecule has 0 aliphatic rings. The van der Waals surface area contributed by atoms with Crippen molar-refractivity contribution in [3.05, 3.63) is 65.2 Å². The summed E-state index contributed by atoms with van der Waals surface area (Å²) >= 11 is 0. The van der Waals surface area contributed by atoms with Crippen molar-refractivity contribution < 1.29 is 0 Å². The highest BCUT2D eigenvalue weighted by Gasteiger charge is 2.03. The van der Waals surface area contributed by atoms with Crippen LogP contribution in [0.3, 0.4) is 0 Å². The van der Waals surface area contributed by atoms with E-state index >= 15 is 0 Å². The Hall–Kier alpha value is -2.49. The first-order valence-electron chi connectivity index (χ1n) is 8.41. The number of hydrogen-bond donors (Lipinski definition) is 2. The number of nitrogens with zero attached hydrogens (tertiary/aromatic N) is 2. The lowest BCUT2D eigenvalue weighted by atomic mass is 10.1. The van der Waals surface area contributed by atoms with Gasteiger partial charge in [-0.25, -0.2) is 0 Å². The predicted molar refractivity (Wildman–Crippen MR) is 104 cm³/mol. The molecule has 128 valence electrons. The Labute approximate surface area is 145 Å². The van der Waals surface area contributed by atoms with Crippen molar-refractivity contribution in [1.29, 1.82) is 0 Å². The number of benzene rings is 2. The van der Waals surface area contributed by atoms with E-state index in [9.17, 15) is 0 Å². The molecule has 0 saturated heterocycles. The highest BCUT2D eigenvalue weighted by Crippen LogP contribution is 2.13. The lowest BCUT2D eigenvalue weighted by Gasteiger charge is -2.16. The standard InChI is InChI=1S/C20H28N4/c1-5-17-10-6-7-11-18(17)15-23-20(21-2)22-14-16-9-8-12-19(13-16)24(3)4/h6-13H,5,14-15H2,1-4H3,(H2,21,22,23). The molecule has 2 N–H and O–H groups in total. The third-order valence-corrected chi connectivity index (χ3v) is 4.06. The maximum atomic E-state index is 4.32. The normalized spacial score (nSPS) is 11.2. The molecular weight excluding hydrogens is 296 g/mol. The van der Waals surface area contributed by atoms with Crippen molar-refractivity contribution in [1.82, 2.24) is 10.6 Å². The molecule has 2 aromatic carbocycles. The van der Waals surface area contributed by atoms with Crippen LogP contribution >= 0.6 is 0 Å². The van der Waals surface area contributed by atoms with Gasteiger partial charge in [0.05, 0.1) is 0 Å². The molecule has 0 aliphatic carbocycles. The van der Waals surface area contributed by atoms with E-state index < -0.39 is 0 Å². The molecule has 24 heavy (non-hydrogen) atoms. The molecule has 0 unspecified atom stereocenters. The Bertz CT molecular complexity index is 677. The Morgan fingerprint density at radius 3 is 2.33 bits per heavy atom. The summed E-state index contributed by atoms with van der Waals surface area (Å²) in [6.45, 7) is 3.71. The number of aryl methyl sites for hydroxylation is 1. The molecule has 0 atom stereocenters. The Kier molecular flexibility index (Phi) is 6.67. The number of guanidine groups is 1. The lowest BCUT2D eigenvalue weighted by molar-refractivity contribution is 0.802. The first kappa shape index (κ1) is 17.9. The topological polar surface area (TPSA) is 39.7 Å². The summed E-state index contributed by atoms with van der Waals surface area (Å²) in [7, 11) is 5.91. The van der Waals surface area contributed by atoms with E-state index in [4.69, 9.17) is 0 Å². The first-order valence-corrected chi connectivity index (χ1v) is 8.41. The van der Waals surface area contributed by atoms with Crippen molar-refractivity contribution in [3.8, 4) is 0 Å². The zero-order valence-electron chi connectivity index (χ0n) is 15.1. The fourth-order valence-electron chi connectivity index (χ4n) is 2.60. The Morgan fingerprint density at radius 2 is 1.67 bits per heavy atom. The van der Waals surface area contributed by atoms with E-state index in [2.05, 4.69) is 90.1 Å². The molecule has 0 heterocycles. The van der Waals surface area contributed by atoms with Gasteiger partial charge in [-0.15, -0.1) is 0 Å². The van der Waals surface area contributed by atoms with Crippen LogP contribution in [0.5, 0.6) is 0 Å². The van der Waals surface area contributed by atoms with E-state index in [0.717, 1.165) is 25.5 Å². The third-order valence-electron chi connectivity index (χ3n) is 4.06. The van der Waals surface area contributed by atoms with Crippen molar-refractivity contribution in [3.63, 3.8) is 0 Å². The van der Waals surface area contributed by atoms with Gasteiger partial charge >= 0.3 is 0 Å². The van der Waals surface area contributed by atoms with E-state index in [1.807, 2.05) is 0 Å². The zero-order valence-corrected chi connectivity index (χ0v) is 15.1. The highest BCUT2D eigenvalue weighted by atomic mass is 15.2. The summed E-state index contributed by atoms with van der Waals surface area (Å²) in [6.07, 6.45) is 1.04. The van der Waals surface area contributed by atoms with Crippen LogP contribution in [0.2, 0.25) is 0 Å². The first-order chi connectivity index (χ1) is 11.6. The SMILES string of the molecule is CCc1ccccc1CNC(=NC)NCc1cccc(N(C)C)c1. The molecule has 0 amide bonds. The van der Waals surface area contributed by atoms with Crippen molar-refractivity contribution >= 4 is 11.6 Å². The van der Waals surface area contributed by atoms with Gasteiger partial charge in [-0.1, -0.05) is 43.3 Å². The summed E-state index contributed by atoms with van der Waals surface area (Å²) in [5.41, 5.74) is 5.13. The van der Waals surface area contributed by atoms with Crippen LogP contribution in [-0.2, 0) is 19.5 Å². The second-order valence-corrected chi connectivity index (χ2v) is 5.97. The maximum Gasteiger partial charge on any atom is 0.191 e. The second-order valence-electron chi connectivity index (χ2n) is 5.97. The molecule has 0 bridgehead atoms. The molecule has 4 nitrogen and oxygen atoms in total. The molecule has 0 aliphatic heterocycles. The zero-order chi connectivity index (χ0) is 17.4. The number of nitrogens with one attached hydrogen (secondary N) is 2. The van der Waals surface area contributed by atoms with Gasteiger partial charge in [-0.2, -0.15) is 0 Å². The van der Waals surface area contributed by atoms with Crippen molar-refractivity contribution in [2.75, 3.05) is 26.0 Å². The Balaban J connectivity index is 1.92. The van der Waals surface area contributed by atoms with Gasteiger partial charge in [0.1, 0.15) is 0 Å². The minimum atomic E-state index is 0.747. The minimum absolute atomic E-state index is 0.747. The fraction of sp³-hybridized carbons (Fsp3) is 0.350. The monoisotopic (exact) mass is 324 g/mol. The smallest absolute Gasteiger partial charge is 0.191 e. The van der Waals surface area contributed by atoms with Crippen LogP contribution in [0.1, 0.15) is 23.6 Å². The van der Waals surface area contributed by atoms with Crippen molar-refractivity contribution in [2.45, 2.75) is 26.4 Å². The molecule has 0 fully saturated rings.